The van der Waals surface area contributed by atoms with Crippen molar-refractivity contribution in [3.05, 3.63) is 28.2 Å². The highest BCUT2D eigenvalue weighted by molar-refractivity contribution is 9.10. The zero-order valence-corrected chi connectivity index (χ0v) is 13.6. The van der Waals surface area contributed by atoms with Crippen LogP contribution < -0.4 is 11.1 Å². The van der Waals surface area contributed by atoms with E-state index in [1.165, 1.54) is 19.5 Å². The van der Waals surface area contributed by atoms with Crippen LogP contribution in [0.25, 0.3) is 0 Å². The van der Waals surface area contributed by atoms with E-state index in [1.807, 2.05) is 18.2 Å². The summed E-state index contributed by atoms with van der Waals surface area (Å²) in [4.78, 5) is 2.92. The van der Waals surface area contributed by atoms with Gasteiger partial charge in [-0.2, -0.15) is 0 Å². The predicted octanol–water partition coefficient (Wildman–Crippen LogP) is 2.84. The maximum absolute atomic E-state index is 5.64. The third-order valence-electron chi connectivity index (χ3n) is 3.65. The van der Waals surface area contributed by atoms with E-state index in [4.69, 9.17) is 18.0 Å². The lowest BCUT2D eigenvalue weighted by atomic mass is 10.1. The Balaban J connectivity index is 1.90. The number of hydrogen-bond acceptors (Lipinski definition) is 3. The largest absolute Gasteiger partial charge is 0.389 e. The molecule has 1 aliphatic heterocycles. The zero-order chi connectivity index (χ0) is 13.8. The summed E-state index contributed by atoms with van der Waals surface area (Å²) in [6.07, 6.45) is 1.28. The van der Waals surface area contributed by atoms with Crippen LogP contribution in [0.1, 0.15) is 18.9 Å². The molecule has 0 radical (unpaired) electrons. The van der Waals surface area contributed by atoms with Gasteiger partial charge in [-0.3, -0.25) is 0 Å². The number of hydrogen-bond donors (Lipinski definition) is 2. The average molecular weight is 342 g/mol. The van der Waals surface area contributed by atoms with Gasteiger partial charge in [-0.05, 0) is 59.6 Å². The Labute approximate surface area is 128 Å². The number of benzene rings is 1. The molecular weight excluding hydrogens is 322 g/mol. The van der Waals surface area contributed by atoms with Crippen molar-refractivity contribution in [2.45, 2.75) is 13.3 Å². The summed E-state index contributed by atoms with van der Waals surface area (Å²) in [5, 5.41) is 3.50. The molecule has 0 aliphatic carbocycles. The first kappa shape index (κ1) is 14.8. The number of nitrogens with one attached hydrogen (secondary N) is 1. The molecule has 5 heteroatoms. The number of nitrogens with two attached hydrogens (primary N) is 1. The van der Waals surface area contributed by atoms with E-state index in [-0.39, 0.29) is 0 Å². The minimum absolute atomic E-state index is 0.424. The zero-order valence-electron chi connectivity index (χ0n) is 11.2. The van der Waals surface area contributed by atoms with Crippen molar-refractivity contribution in [2.24, 2.45) is 11.7 Å². The van der Waals surface area contributed by atoms with Gasteiger partial charge in [0.2, 0.25) is 0 Å². The van der Waals surface area contributed by atoms with Crippen LogP contribution in [0.3, 0.4) is 0 Å². The van der Waals surface area contributed by atoms with Gasteiger partial charge in [-0.25, -0.2) is 0 Å². The van der Waals surface area contributed by atoms with Crippen molar-refractivity contribution in [3.63, 3.8) is 0 Å². The Morgan fingerprint density at radius 1 is 1.58 bits per heavy atom. The lowest BCUT2D eigenvalue weighted by Crippen LogP contribution is -2.22. The molecule has 0 spiro atoms. The van der Waals surface area contributed by atoms with Gasteiger partial charge in [0.1, 0.15) is 4.99 Å². The number of rotatable bonds is 5. The van der Waals surface area contributed by atoms with Gasteiger partial charge in [0, 0.05) is 28.8 Å². The smallest absolute Gasteiger partial charge is 0.105 e. The maximum Gasteiger partial charge on any atom is 0.105 e. The average Bonchev–Trinajstić information content (AvgIpc) is 2.84. The van der Waals surface area contributed by atoms with E-state index < -0.39 is 0 Å². The summed E-state index contributed by atoms with van der Waals surface area (Å²) < 4.78 is 0.951. The van der Waals surface area contributed by atoms with Crippen molar-refractivity contribution in [3.8, 4) is 0 Å². The van der Waals surface area contributed by atoms with Gasteiger partial charge in [0.25, 0.3) is 0 Å². The number of likely N-dealkylation sites (tertiary alicyclic amines) is 1. The molecule has 19 heavy (non-hydrogen) atoms. The molecule has 0 saturated carbocycles. The van der Waals surface area contributed by atoms with E-state index in [0.717, 1.165) is 34.7 Å². The number of anilines is 1. The van der Waals surface area contributed by atoms with E-state index >= 15 is 0 Å². The van der Waals surface area contributed by atoms with Gasteiger partial charge < -0.3 is 16.0 Å². The van der Waals surface area contributed by atoms with E-state index in [2.05, 4.69) is 33.1 Å². The lowest BCUT2D eigenvalue weighted by molar-refractivity contribution is 0.345. The lowest BCUT2D eigenvalue weighted by Gasteiger charge is -2.15. The number of nitrogens with zero attached hydrogens (tertiary/aromatic N) is 1. The van der Waals surface area contributed by atoms with Gasteiger partial charge in [-0.15, -0.1) is 0 Å². The summed E-state index contributed by atoms with van der Waals surface area (Å²) in [5.74, 6) is 0.744. The third kappa shape index (κ3) is 3.91. The minimum Gasteiger partial charge on any atom is -0.389 e. The summed E-state index contributed by atoms with van der Waals surface area (Å²) in [7, 11) is 0. The molecule has 1 aromatic carbocycles. The first-order valence-electron chi connectivity index (χ1n) is 6.65. The molecule has 1 aromatic rings. The first-order valence-corrected chi connectivity index (χ1v) is 7.86. The predicted molar refractivity (Wildman–Crippen MR) is 88.7 cm³/mol. The molecule has 2 rings (SSSR count). The van der Waals surface area contributed by atoms with Crippen LogP contribution in [0.5, 0.6) is 0 Å². The SMILES string of the molecule is CCN1CCC(CNc2ccc(C(N)=S)c(Br)c2)C1. The van der Waals surface area contributed by atoms with Crippen LogP contribution in [0.15, 0.2) is 22.7 Å². The molecule has 1 heterocycles. The minimum atomic E-state index is 0.424. The number of thiocarbonyl (C=S) groups is 1. The van der Waals surface area contributed by atoms with Crippen LogP contribution in [-0.2, 0) is 0 Å². The Bertz CT molecular complexity index is 464. The fourth-order valence-electron chi connectivity index (χ4n) is 2.45. The molecule has 104 valence electrons. The standard InChI is InChI=1S/C14H20BrN3S/c1-2-18-6-5-10(9-18)8-17-11-3-4-12(14(16)19)13(15)7-11/h3-4,7,10,17H,2,5-6,8-9H2,1H3,(H2,16,19). The molecule has 1 atom stereocenters. The van der Waals surface area contributed by atoms with Gasteiger partial charge in [0.15, 0.2) is 0 Å². The molecule has 3 nitrogen and oxygen atoms in total. The van der Waals surface area contributed by atoms with E-state index in [1.54, 1.807) is 0 Å². The number of halogens is 1. The highest BCUT2D eigenvalue weighted by atomic mass is 79.9. The summed E-state index contributed by atoms with van der Waals surface area (Å²) in [6.45, 7) is 6.84. The van der Waals surface area contributed by atoms with Crippen molar-refractivity contribution < 1.29 is 0 Å². The fraction of sp³-hybridized carbons (Fsp3) is 0.500. The van der Waals surface area contributed by atoms with E-state index in [0.29, 0.717) is 4.99 Å². The van der Waals surface area contributed by atoms with Crippen molar-refractivity contribution in [2.75, 3.05) is 31.5 Å². The summed E-state index contributed by atoms with van der Waals surface area (Å²) >= 11 is 8.50. The molecule has 0 aromatic heterocycles. The Hall–Kier alpha value is -0.650. The molecule has 3 N–H and O–H groups in total. The maximum atomic E-state index is 5.64. The van der Waals surface area contributed by atoms with E-state index in [9.17, 15) is 0 Å². The molecule has 0 bridgehead atoms. The van der Waals surface area contributed by atoms with Crippen LogP contribution >= 0.6 is 28.1 Å². The van der Waals surface area contributed by atoms with Crippen LogP contribution in [0.4, 0.5) is 5.69 Å². The van der Waals surface area contributed by atoms with Crippen LogP contribution in [-0.4, -0.2) is 36.1 Å². The van der Waals surface area contributed by atoms with Crippen molar-refractivity contribution >= 4 is 38.8 Å². The highest BCUT2D eigenvalue weighted by Gasteiger charge is 2.20. The second kappa shape index (κ2) is 6.68. The monoisotopic (exact) mass is 341 g/mol. The Kier molecular flexibility index (Phi) is 5.19. The fourth-order valence-corrected chi connectivity index (χ4v) is 3.36. The second-order valence-electron chi connectivity index (χ2n) is 4.99. The summed E-state index contributed by atoms with van der Waals surface area (Å²) in [6, 6.07) is 6.04. The molecule has 1 aliphatic rings. The summed E-state index contributed by atoms with van der Waals surface area (Å²) in [5.41, 5.74) is 7.64. The topological polar surface area (TPSA) is 41.3 Å². The quantitative estimate of drug-likeness (QED) is 0.808. The van der Waals surface area contributed by atoms with Gasteiger partial charge in [0.05, 0.1) is 0 Å². The highest BCUT2D eigenvalue weighted by Crippen LogP contribution is 2.23. The van der Waals surface area contributed by atoms with Crippen molar-refractivity contribution in [1.82, 2.24) is 4.90 Å². The van der Waals surface area contributed by atoms with Crippen LogP contribution in [0, 0.1) is 5.92 Å². The van der Waals surface area contributed by atoms with Crippen LogP contribution in [0.2, 0.25) is 0 Å². The Morgan fingerprint density at radius 2 is 2.37 bits per heavy atom. The molecule has 1 saturated heterocycles. The molecule has 1 unspecified atom stereocenters. The normalized spacial score (nSPS) is 19.6. The van der Waals surface area contributed by atoms with Gasteiger partial charge >= 0.3 is 0 Å². The van der Waals surface area contributed by atoms with Gasteiger partial charge in [-0.1, -0.05) is 19.1 Å². The second-order valence-corrected chi connectivity index (χ2v) is 6.28. The molecule has 0 amide bonds. The molecular formula is C14H20BrN3S. The third-order valence-corrected chi connectivity index (χ3v) is 4.52. The first-order chi connectivity index (χ1) is 9.10. The van der Waals surface area contributed by atoms with Crippen molar-refractivity contribution in [1.29, 1.82) is 0 Å². The molecule has 1 fully saturated rings. The Morgan fingerprint density at radius 3 is 2.95 bits per heavy atom.